The summed E-state index contributed by atoms with van der Waals surface area (Å²) in [4.78, 5) is 38.5. The second-order valence-electron chi connectivity index (χ2n) is 9.85. The van der Waals surface area contributed by atoms with Gasteiger partial charge in [-0.1, -0.05) is 18.2 Å². The van der Waals surface area contributed by atoms with Crippen LogP contribution in [-0.4, -0.2) is 48.3 Å². The van der Waals surface area contributed by atoms with E-state index in [4.69, 9.17) is 0 Å². The van der Waals surface area contributed by atoms with Crippen molar-refractivity contribution in [3.05, 3.63) is 34.9 Å². The van der Waals surface area contributed by atoms with Gasteiger partial charge in [0.25, 0.3) is 5.91 Å². The molecule has 0 radical (unpaired) electrons. The third-order valence-corrected chi connectivity index (χ3v) is 7.89. The fourth-order valence-electron chi connectivity index (χ4n) is 5.96. The summed E-state index contributed by atoms with van der Waals surface area (Å²) in [5.74, 6) is 0.00615. The van der Waals surface area contributed by atoms with Gasteiger partial charge in [-0.05, 0) is 74.1 Å². The Morgan fingerprint density at radius 2 is 1.94 bits per heavy atom. The molecule has 166 valence electrons. The summed E-state index contributed by atoms with van der Waals surface area (Å²) in [6.07, 6.45) is 7.22. The molecule has 1 aliphatic carbocycles. The van der Waals surface area contributed by atoms with Gasteiger partial charge in [0.05, 0.1) is 0 Å². The third-order valence-electron chi connectivity index (χ3n) is 7.89. The molecule has 1 aromatic rings. The van der Waals surface area contributed by atoms with E-state index in [1.807, 2.05) is 18.2 Å². The minimum Gasteiger partial charge on any atom is -0.322 e. The lowest BCUT2D eigenvalue weighted by Gasteiger charge is -2.36. The Balaban J connectivity index is 1.18. The van der Waals surface area contributed by atoms with Crippen LogP contribution in [0.3, 0.4) is 0 Å². The predicted octanol–water partition coefficient (Wildman–Crippen LogP) is 1.71. The van der Waals surface area contributed by atoms with E-state index in [1.54, 1.807) is 4.90 Å². The number of imide groups is 1. The van der Waals surface area contributed by atoms with Gasteiger partial charge >= 0.3 is 0 Å². The van der Waals surface area contributed by atoms with Crippen molar-refractivity contribution in [1.29, 1.82) is 0 Å². The summed E-state index contributed by atoms with van der Waals surface area (Å²) in [7, 11) is 0. The maximum Gasteiger partial charge on any atom is 0.255 e. The number of rotatable bonds is 5. The first-order chi connectivity index (χ1) is 15.0. The highest BCUT2D eigenvalue weighted by molar-refractivity contribution is 6.05. The van der Waals surface area contributed by atoms with Crippen molar-refractivity contribution < 1.29 is 14.4 Å². The molecule has 7 nitrogen and oxygen atoms in total. The average Bonchev–Trinajstić information content (AvgIpc) is 3.35. The second-order valence-corrected chi connectivity index (χ2v) is 9.85. The van der Waals surface area contributed by atoms with Crippen LogP contribution in [0.4, 0.5) is 0 Å². The van der Waals surface area contributed by atoms with E-state index in [2.05, 4.69) is 16.0 Å². The Bertz CT molecular complexity index is 883. The monoisotopic (exact) mass is 424 g/mol. The fourth-order valence-corrected chi connectivity index (χ4v) is 5.96. The molecular formula is C24H32N4O3. The summed E-state index contributed by atoms with van der Waals surface area (Å²) < 4.78 is 0. The van der Waals surface area contributed by atoms with Gasteiger partial charge in [-0.25, -0.2) is 0 Å². The maximum atomic E-state index is 13.2. The summed E-state index contributed by atoms with van der Waals surface area (Å²) in [5, 5.41) is 9.50. The van der Waals surface area contributed by atoms with Gasteiger partial charge in [-0.15, -0.1) is 0 Å². The molecule has 1 aromatic carbocycles. The fraction of sp³-hybridized carbons (Fsp3) is 0.625. The van der Waals surface area contributed by atoms with Crippen molar-refractivity contribution in [2.45, 2.75) is 64.1 Å². The van der Waals surface area contributed by atoms with Gasteiger partial charge in [0.15, 0.2) is 0 Å². The molecule has 3 heterocycles. The normalized spacial score (nSPS) is 30.7. The van der Waals surface area contributed by atoms with Gasteiger partial charge in [-0.3, -0.25) is 19.7 Å². The standard InChI is InChI=1S/C24H32N4O3/c29-20-5-4-19(22(30)27-20)28-14-18-3-1-2-17(21(18)23(28)31)13-26-12-16-6-8-24(9-7-16)10-11-25-15-24/h1-3,16,19,25-26H,4-15H2,(H,27,29,30). The number of hydrogen-bond donors (Lipinski definition) is 3. The zero-order valence-electron chi connectivity index (χ0n) is 18.0. The van der Waals surface area contributed by atoms with Crippen molar-refractivity contribution in [2.24, 2.45) is 11.3 Å². The number of hydrogen-bond acceptors (Lipinski definition) is 5. The van der Waals surface area contributed by atoms with Crippen LogP contribution < -0.4 is 16.0 Å². The lowest BCUT2D eigenvalue weighted by Crippen LogP contribution is -2.52. The lowest BCUT2D eigenvalue weighted by atomic mass is 9.70. The van der Waals surface area contributed by atoms with E-state index in [-0.39, 0.29) is 24.1 Å². The molecule has 5 rings (SSSR count). The summed E-state index contributed by atoms with van der Waals surface area (Å²) >= 11 is 0. The molecular weight excluding hydrogens is 392 g/mol. The minimum absolute atomic E-state index is 0.0877. The minimum atomic E-state index is -0.557. The molecule has 1 spiro atoms. The Labute approximate surface area is 183 Å². The van der Waals surface area contributed by atoms with Crippen LogP contribution in [0.2, 0.25) is 0 Å². The number of fused-ring (bicyclic) bond motifs is 1. The van der Waals surface area contributed by atoms with E-state index >= 15 is 0 Å². The van der Waals surface area contributed by atoms with Gasteiger partial charge in [0.1, 0.15) is 6.04 Å². The van der Waals surface area contributed by atoms with Crippen molar-refractivity contribution in [3.63, 3.8) is 0 Å². The summed E-state index contributed by atoms with van der Waals surface area (Å²) in [6, 6.07) is 5.42. The molecule has 3 amide bonds. The number of carbonyl (C=O) groups excluding carboxylic acids is 3. The van der Waals surface area contributed by atoms with Crippen LogP contribution in [0.1, 0.15) is 66.4 Å². The molecule has 1 unspecified atom stereocenters. The first-order valence-corrected chi connectivity index (χ1v) is 11.7. The second kappa shape index (κ2) is 8.36. The predicted molar refractivity (Wildman–Crippen MR) is 116 cm³/mol. The molecule has 1 atom stereocenters. The quantitative estimate of drug-likeness (QED) is 0.626. The van der Waals surface area contributed by atoms with Crippen LogP contribution in [0.15, 0.2) is 18.2 Å². The molecule has 4 aliphatic rings. The highest BCUT2D eigenvalue weighted by Gasteiger charge is 2.40. The largest absolute Gasteiger partial charge is 0.322 e. The highest BCUT2D eigenvalue weighted by Crippen LogP contribution is 2.42. The van der Waals surface area contributed by atoms with Gasteiger partial charge in [0, 0.05) is 31.6 Å². The maximum absolute atomic E-state index is 13.2. The number of amides is 3. The molecule has 3 fully saturated rings. The van der Waals surface area contributed by atoms with Crippen LogP contribution in [0.5, 0.6) is 0 Å². The molecule has 0 aromatic heterocycles. The van der Waals surface area contributed by atoms with Crippen LogP contribution >= 0.6 is 0 Å². The van der Waals surface area contributed by atoms with Crippen molar-refractivity contribution in [3.8, 4) is 0 Å². The first-order valence-electron chi connectivity index (χ1n) is 11.7. The Morgan fingerprint density at radius 3 is 2.68 bits per heavy atom. The van der Waals surface area contributed by atoms with Crippen molar-refractivity contribution in [1.82, 2.24) is 20.9 Å². The smallest absolute Gasteiger partial charge is 0.255 e. The highest BCUT2D eigenvalue weighted by atomic mass is 16.2. The summed E-state index contributed by atoms with van der Waals surface area (Å²) in [6.45, 7) is 4.45. The van der Waals surface area contributed by atoms with E-state index < -0.39 is 6.04 Å². The van der Waals surface area contributed by atoms with Crippen molar-refractivity contribution >= 4 is 17.7 Å². The van der Waals surface area contributed by atoms with Crippen molar-refractivity contribution in [2.75, 3.05) is 19.6 Å². The van der Waals surface area contributed by atoms with E-state index in [1.165, 1.54) is 45.2 Å². The van der Waals surface area contributed by atoms with Gasteiger partial charge < -0.3 is 15.5 Å². The molecule has 2 saturated heterocycles. The SMILES string of the molecule is O=C1CCC(N2Cc3cccc(CNCC4CCC5(CCNC5)CC4)c3C2=O)C(=O)N1. The van der Waals surface area contributed by atoms with Gasteiger partial charge in [-0.2, -0.15) is 0 Å². The Morgan fingerprint density at radius 1 is 1.10 bits per heavy atom. The Kier molecular flexibility index (Phi) is 5.56. The molecule has 1 saturated carbocycles. The molecule has 3 aliphatic heterocycles. The van der Waals surface area contributed by atoms with Crippen LogP contribution in [-0.2, 0) is 22.7 Å². The number of carbonyl (C=O) groups is 3. The molecule has 7 heteroatoms. The number of benzene rings is 1. The van der Waals surface area contributed by atoms with E-state index in [0.29, 0.717) is 30.8 Å². The zero-order chi connectivity index (χ0) is 21.4. The van der Waals surface area contributed by atoms with E-state index in [0.717, 1.165) is 23.2 Å². The Hall–Kier alpha value is -2.25. The van der Waals surface area contributed by atoms with E-state index in [9.17, 15) is 14.4 Å². The first kappa shape index (κ1) is 20.6. The number of nitrogens with one attached hydrogen (secondary N) is 3. The third kappa shape index (κ3) is 4.01. The molecule has 0 bridgehead atoms. The lowest BCUT2D eigenvalue weighted by molar-refractivity contribution is -0.136. The average molecular weight is 425 g/mol. The zero-order valence-corrected chi connectivity index (χ0v) is 18.0. The number of nitrogens with zero attached hydrogens (tertiary/aromatic N) is 1. The molecule has 31 heavy (non-hydrogen) atoms. The van der Waals surface area contributed by atoms with Crippen LogP contribution in [0, 0.1) is 11.3 Å². The summed E-state index contributed by atoms with van der Waals surface area (Å²) in [5.41, 5.74) is 3.27. The number of piperidine rings is 1. The van der Waals surface area contributed by atoms with Crippen LogP contribution in [0.25, 0.3) is 0 Å². The molecule has 3 N–H and O–H groups in total. The topological polar surface area (TPSA) is 90.5 Å². The van der Waals surface area contributed by atoms with Gasteiger partial charge in [0.2, 0.25) is 11.8 Å².